The standard InChI is InChI=1S/C19H22N2O2/c22-18-6-2-1-5-17(18)19(23)20-13-15-7-9-16(10-8-15)14-21-11-3-4-12-21/h1-2,5-10,22H,3-4,11-14H2,(H,20,23). The number of aromatic hydroxyl groups is 1. The van der Waals surface area contributed by atoms with Crippen molar-refractivity contribution in [2.45, 2.75) is 25.9 Å². The topological polar surface area (TPSA) is 52.6 Å². The quantitative estimate of drug-likeness (QED) is 0.893. The molecule has 0 unspecified atom stereocenters. The predicted molar refractivity (Wildman–Crippen MR) is 90.2 cm³/mol. The molecule has 0 bridgehead atoms. The molecule has 120 valence electrons. The van der Waals surface area contributed by atoms with Crippen LogP contribution in [0.5, 0.6) is 5.75 Å². The SMILES string of the molecule is O=C(NCc1ccc(CN2CCCC2)cc1)c1ccccc1O. The summed E-state index contributed by atoms with van der Waals surface area (Å²) in [6.07, 6.45) is 2.60. The van der Waals surface area contributed by atoms with Crippen molar-refractivity contribution >= 4 is 5.91 Å². The maximum Gasteiger partial charge on any atom is 0.255 e. The van der Waals surface area contributed by atoms with Gasteiger partial charge in [-0.05, 0) is 49.2 Å². The molecule has 1 heterocycles. The van der Waals surface area contributed by atoms with E-state index in [1.165, 1.54) is 37.6 Å². The molecular formula is C19H22N2O2. The molecule has 0 atom stereocenters. The van der Waals surface area contributed by atoms with Crippen LogP contribution < -0.4 is 5.32 Å². The Morgan fingerprint density at radius 2 is 1.65 bits per heavy atom. The Labute approximate surface area is 136 Å². The van der Waals surface area contributed by atoms with E-state index in [4.69, 9.17) is 0 Å². The van der Waals surface area contributed by atoms with Gasteiger partial charge >= 0.3 is 0 Å². The first-order chi connectivity index (χ1) is 11.2. The van der Waals surface area contributed by atoms with Gasteiger partial charge in [-0.3, -0.25) is 9.69 Å². The first-order valence-corrected chi connectivity index (χ1v) is 8.09. The lowest BCUT2D eigenvalue weighted by Gasteiger charge is -2.14. The average molecular weight is 310 g/mol. The van der Waals surface area contributed by atoms with Crippen molar-refractivity contribution in [3.05, 3.63) is 65.2 Å². The van der Waals surface area contributed by atoms with Crippen molar-refractivity contribution in [2.75, 3.05) is 13.1 Å². The van der Waals surface area contributed by atoms with Crippen molar-refractivity contribution in [1.29, 1.82) is 0 Å². The Morgan fingerprint density at radius 1 is 1.00 bits per heavy atom. The third kappa shape index (κ3) is 4.11. The van der Waals surface area contributed by atoms with E-state index in [9.17, 15) is 9.90 Å². The summed E-state index contributed by atoms with van der Waals surface area (Å²) in [5, 5.41) is 12.5. The molecule has 1 amide bonds. The van der Waals surface area contributed by atoms with Crippen molar-refractivity contribution in [2.24, 2.45) is 0 Å². The Morgan fingerprint density at radius 3 is 2.35 bits per heavy atom. The molecule has 0 aromatic heterocycles. The molecule has 1 aliphatic heterocycles. The van der Waals surface area contributed by atoms with E-state index in [1.54, 1.807) is 18.2 Å². The summed E-state index contributed by atoms with van der Waals surface area (Å²) in [5.74, 6) is -0.254. The predicted octanol–water partition coefficient (Wildman–Crippen LogP) is 2.92. The number of hydrogen-bond acceptors (Lipinski definition) is 3. The zero-order valence-electron chi connectivity index (χ0n) is 13.2. The number of carbonyl (C=O) groups excluding carboxylic acids is 1. The molecule has 1 fully saturated rings. The highest BCUT2D eigenvalue weighted by Crippen LogP contribution is 2.16. The number of rotatable bonds is 5. The average Bonchev–Trinajstić information content (AvgIpc) is 3.07. The molecule has 2 N–H and O–H groups in total. The smallest absolute Gasteiger partial charge is 0.255 e. The number of likely N-dealkylation sites (tertiary alicyclic amines) is 1. The lowest BCUT2D eigenvalue weighted by atomic mass is 10.1. The van der Waals surface area contributed by atoms with Crippen LogP contribution in [0.25, 0.3) is 0 Å². The van der Waals surface area contributed by atoms with Crippen LogP contribution >= 0.6 is 0 Å². The van der Waals surface area contributed by atoms with Crippen LogP contribution in [0, 0.1) is 0 Å². The van der Waals surface area contributed by atoms with Crippen LogP contribution in [0.2, 0.25) is 0 Å². The van der Waals surface area contributed by atoms with E-state index >= 15 is 0 Å². The molecule has 0 saturated carbocycles. The van der Waals surface area contributed by atoms with Gasteiger partial charge in [0.05, 0.1) is 5.56 Å². The molecule has 23 heavy (non-hydrogen) atoms. The lowest BCUT2D eigenvalue weighted by Crippen LogP contribution is -2.23. The molecule has 1 aliphatic rings. The molecule has 0 aliphatic carbocycles. The number of nitrogens with zero attached hydrogens (tertiary/aromatic N) is 1. The van der Waals surface area contributed by atoms with Gasteiger partial charge in [0, 0.05) is 13.1 Å². The van der Waals surface area contributed by atoms with Gasteiger partial charge in [-0.15, -0.1) is 0 Å². The fourth-order valence-electron chi connectivity index (χ4n) is 2.90. The van der Waals surface area contributed by atoms with Crippen molar-refractivity contribution in [3.63, 3.8) is 0 Å². The minimum atomic E-state index is -0.260. The van der Waals surface area contributed by atoms with Gasteiger partial charge in [-0.25, -0.2) is 0 Å². The highest BCUT2D eigenvalue weighted by atomic mass is 16.3. The van der Waals surface area contributed by atoms with E-state index in [2.05, 4.69) is 34.5 Å². The van der Waals surface area contributed by atoms with Gasteiger partial charge < -0.3 is 10.4 Å². The van der Waals surface area contributed by atoms with Crippen LogP contribution in [0.1, 0.15) is 34.3 Å². The summed E-state index contributed by atoms with van der Waals surface area (Å²) >= 11 is 0. The molecular weight excluding hydrogens is 288 g/mol. The van der Waals surface area contributed by atoms with Gasteiger partial charge in [0.2, 0.25) is 0 Å². The summed E-state index contributed by atoms with van der Waals surface area (Å²) in [4.78, 5) is 14.5. The Kier molecular flexibility index (Phi) is 4.93. The normalized spacial score (nSPS) is 14.8. The van der Waals surface area contributed by atoms with Crippen LogP contribution in [0.3, 0.4) is 0 Å². The largest absolute Gasteiger partial charge is 0.507 e. The maximum atomic E-state index is 12.1. The summed E-state index contributed by atoms with van der Waals surface area (Å²) in [6, 6.07) is 14.9. The van der Waals surface area contributed by atoms with Crippen molar-refractivity contribution < 1.29 is 9.90 Å². The summed E-state index contributed by atoms with van der Waals surface area (Å²) in [6.45, 7) is 3.85. The number of phenolic OH excluding ortho intramolecular Hbond substituents is 1. The van der Waals surface area contributed by atoms with E-state index in [1.807, 2.05) is 0 Å². The Bertz CT molecular complexity index is 661. The minimum Gasteiger partial charge on any atom is -0.507 e. The zero-order chi connectivity index (χ0) is 16.1. The minimum absolute atomic E-state index is 0.00552. The molecule has 4 heteroatoms. The van der Waals surface area contributed by atoms with Crippen LogP contribution in [-0.2, 0) is 13.1 Å². The zero-order valence-corrected chi connectivity index (χ0v) is 13.2. The van der Waals surface area contributed by atoms with Crippen LogP contribution in [-0.4, -0.2) is 29.0 Å². The molecule has 0 radical (unpaired) electrons. The second kappa shape index (κ2) is 7.29. The van der Waals surface area contributed by atoms with E-state index in [0.29, 0.717) is 12.1 Å². The number of para-hydroxylation sites is 1. The van der Waals surface area contributed by atoms with Gasteiger partial charge in [0.25, 0.3) is 5.91 Å². The van der Waals surface area contributed by atoms with E-state index < -0.39 is 0 Å². The van der Waals surface area contributed by atoms with Crippen molar-refractivity contribution in [3.8, 4) is 5.75 Å². The van der Waals surface area contributed by atoms with Gasteiger partial charge in [0.1, 0.15) is 5.75 Å². The first kappa shape index (κ1) is 15.6. The van der Waals surface area contributed by atoms with E-state index in [0.717, 1.165) is 12.1 Å². The first-order valence-electron chi connectivity index (χ1n) is 8.09. The molecule has 1 saturated heterocycles. The Balaban J connectivity index is 1.54. The Hall–Kier alpha value is -2.33. The van der Waals surface area contributed by atoms with Crippen LogP contribution in [0.15, 0.2) is 48.5 Å². The fourth-order valence-corrected chi connectivity index (χ4v) is 2.90. The second-order valence-electron chi connectivity index (χ2n) is 6.00. The van der Waals surface area contributed by atoms with E-state index in [-0.39, 0.29) is 11.7 Å². The number of carbonyl (C=O) groups is 1. The monoisotopic (exact) mass is 310 g/mol. The fraction of sp³-hybridized carbons (Fsp3) is 0.316. The van der Waals surface area contributed by atoms with Gasteiger partial charge in [-0.1, -0.05) is 36.4 Å². The number of hydrogen-bond donors (Lipinski definition) is 2. The van der Waals surface area contributed by atoms with Crippen LogP contribution in [0.4, 0.5) is 0 Å². The third-order valence-corrected chi connectivity index (χ3v) is 4.23. The lowest BCUT2D eigenvalue weighted by molar-refractivity contribution is 0.0948. The molecule has 2 aromatic rings. The highest BCUT2D eigenvalue weighted by Gasteiger charge is 2.12. The molecule has 3 rings (SSSR count). The molecule has 0 spiro atoms. The third-order valence-electron chi connectivity index (χ3n) is 4.23. The number of phenols is 1. The highest BCUT2D eigenvalue weighted by molar-refractivity contribution is 5.96. The maximum absolute atomic E-state index is 12.1. The number of benzene rings is 2. The van der Waals surface area contributed by atoms with Gasteiger partial charge in [-0.2, -0.15) is 0 Å². The number of nitrogens with one attached hydrogen (secondary N) is 1. The van der Waals surface area contributed by atoms with Gasteiger partial charge in [0.15, 0.2) is 0 Å². The number of amides is 1. The molecule has 2 aromatic carbocycles. The summed E-state index contributed by atoms with van der Waals surface area (Å²) in [7, 11) is 0. The summed E-state index contributed by atoms with van der Waals surface area (Å²) < 4.78 is 0. The molecule has 4 nitrogen and oxygen atoms in total. The van der Waals surface area contributed by atoms with Crippen molar-refractivity contribution in [1.82, 2.24) is 10.2 Å². The second-order valence-corrected chi connectivity index (χ2v) is 6.00. The summed E-state index contributed by atoms with van der Waals surface area (Å²) in [5.41, 5.74) is 2.67.